The molecule has 2 fully saturated rings. The van der Waals surface area contributed by atoms with Crippen molar-refractivity contribution < 1.29 is 9.53 Å². The van der Waals surface area contributed by atoms with Crippen LogP contribution in [-0.4, -0.2) is 45.1 Å². The van der Waals surface area contributed by atoms with Gasteiger partial charge in [-0.15, -0.1) is 0 Å². The van der Waals surface area contributed by atoms with Crippen LogP contribution in [0, 0.1) is 5.92 Å². The molecule has 4 heterocycles. The standard InChI is InChI=1S/C18H19N5O2/c24-18(25-12-1-2-12)11-4-7-23(8-5-11)17-15-13-3-6-19-16(13)20-9-14(15)21-10-22-17/h3,6,9-12H,1-2,4-5,7-8H2,(H,21,22). The lowest BCUT2D eigenvalue weighted by molar-refractivity contribution is -0.150. The molecule has 0 radical (unpaired) electrons. The van der Waals surface area contributed by atoms with Crippen LogP contribution in [-0.2, 0) is 9.53 Å². The van der Waals surface area contributed by atoms with Crippen molar-refractivity contribution in [2.75, 3.05) is 18.0 Å². The zero-order valence-electron chi connectivity index (χ0n) is 13.8. The minimum absolute atomic E-state index is 0.0145. The highest BCUT2D eigenvalue weighted by Gasteiger charge is 2.32. The minimum atomic E-state index is -0.0202. The number of carbonyl (C=O) groups excluding carboxylic acids is 1. The van der Waals surface area contributed by atoms with Crippen molar-refractivity contribution in [1.29, 1.82) is 0 Å². The van der Waals surface area contributed by atoms with E-state index >= 15 is 0 Å². The summed E-state index contributed by atoms with van der Waals surface area (Å²) in [5.74, 6) is 0.928. The summed E-state index contributed by atoms with van der Waals surface area (Å²) >= 11 is 0. The highest BCUT2D eigenvalue weighted by Crippen LogP contribution is 2.32. The first kappa shape index (κ1) is 14.6. The number of anilines is 1. The van der Waals surface area contributed by atoms with Crippen molar-refractivity contribution in [3.63, 3.8) is 0 Å². The van der Waals surface area contributed by atoms with E-state index in [9.17, 15) is 4.79 Å². The van der Waals surface area contributed by atoms with E-state index in [0.717, 1.165) is 66.5 Å². The van der Waals surface area contributed by atoms with Crippen molar-refractivity contribution in [2.45, 2.75) is 31.8 Å². The quantitative estimate of drug-likeness (QED) is 0.739. The van der Waals surface area contributed by atoms with Gasteiger partial charge in [-0.1, -0.05) is 0 Å². The topological polar surface area (TPSA) is 84.0 Å². The van der Waals surface area contributed by atoms with Crippen molar-refractivity contribution in [3.8, 4) is 0 Å². The summed E-state index contributed by atoms with van der Waals surface area (Å²) in [6, 6.07) is 1.98. The SMILES string of the molecule is O=C(OC1CC1)C1CCN(c2nc[nH]c3cnc4nccc4c23)CC1. The van der Waals surface area contributed by atoms with Gasteiger partial charge in [-0.2, -0.15) is 0 Å². The maximum absolute atomic E-state index is 12.2. The molecule has 1 aliphatic carbocycles. The summed E-state index contributed by atoms with van der Waals surface area (Å²) in [5, 5.41) is 2.05. The number of aromatic amines is 1. The van der Waals surface area contributed by atoms with Crippen LogP contribution >= 0.6 is 0 Å². The molecule has 1 N–H and O–H groups in total. The van der Waals surface area contributed by atoms with Crippen molar-refractivity contribution in [3.05, 3.63) is 24.8 Å². The molecular formula is C18H19N5O2. The lowest BCUT2D eigenvalue weighted by atomic mass is 9.96. The van der Waals surface area contributed by atoms with Gasteiger partial charge in [0.1, 0.15) is 11.9 Å². The number of aromatic nitrogens is 4. The number of carbonyl (C=O) groups is 1. The number of nitrogens with one attached hydrogen (secondary N) is 1. The van der Waals surface area contributed by atoms with Gasteiger partial charge < -0.3 is 14.6 Å². The smallest absolute Gasteiger partial charge is 0.309 e. The van der Waals surface area contributed by atoms with E-state index < -0.39 is 0 Å². The van der Waals surface area contributed by atoms with Crippen LogP contribution in [0.15, 0.2) is 24.8 Å². The molecule has 1 saturated heterocycles. The van der Waals surface area contributed by atoms with E-state index in [-0.39, 0.29) is 18.0 Å². The zero-order chi connectivity index (χ0) is 16.8. The van der Waals surface area contributed by atoms with Crippen molar-refractivity contribution in [1.82, 2.24) is 19.9 Å². The van der Waals surface area contributed by atoms with E-state index in [2.05, 4.69) is 24.8 Å². The van der Waals surface area contributed by atoms with Gasteiger partial charge >= 0.3 is 5.97 Å². The van der Waals surface area contributed by atoms with Gasteiger partial charge in [0.15, 0.2) is 5.65 Å². The Hall–Kier alpha value is -2.70. The molecule has 7 heteroatoms. The largest absolute Gasteiger partial charge is 0.462 e. The van der Waals surface area contributed by atoms with Gasteiger partial charge in [0.05, 0.1) is 29.3 Å². The Kier molecular flexibility index (Phi) is 3.33. The lowest BCUT2D eigenvalue weighted by Gasteiger charge is -2.32. The molecular weight excluding hydrogens is 318 g/mol. The van der Waals surface area contributed by atoms with Crippen molar-refractivity contribution in [2.24, 2.45) is 5.92 Å². The number of piperidine rings is 1. The average Bonchev–Trinajstić information content (AvgIpc) is 3.33. The summed E-state index contributed by atoms with van der Waals surface area (Å²) < 4.78 is 5.46. The maximum atomic E-state index is 12.2. The number of hydrogen-bond donors (Lipinski definition) is 1. The second-order valence-electron chi connectivity index (χ2n) is 6.85. The molecule has 25 heavy (non-hydrogen) atoms. The Morgan fingerprint density at radius 2 is 2.00 bits per heavy atom. The lowest BCUT2D eigenvalue weighted by Crippen LogP contribution is -2.37. The summed E-state index contributed by atoms with van der Waals surface area (Å²) in [6.07, 6.45) is 9.13. The van der Waals surface area contributed by atoms with Gasteiger partial charge in [-0.05, 0) is 31.7 Å². The van der Waals surface area contributed by atoms with Crippen LogP contribution in [0.5, 0.6) is 0 Å². The number of H-pyrrole nitrogens is 1. The molecule has 3 aromatic heterocycles. The Morgan fingerprint density at radius 3 is 2.80 bits per heavy atom. The fraction of sp³-hybridized carbons (Fsp3) is 0.444. The van der Waals surface area contributed by atoms with E-state index in [4.69, 9.17) is 4.74 Å². The number of pyridine rings is 1. The number of ether oxygens (including phenoxy) is 1. The normalized spacial score (nSPS) is 18.8. The predicted octanol–water partition coefficient (Wildman–Crippen LogP) is 2.43. The zero-order valence-corrected chi connectivity index (χ0v) is 13.8. The average molecular weight is 337 g/mol. The first-order chi connectivity index (χ1) is 12.3. The van der Waals surface area contributed by atoms with Gasteiger partial charge in [0.2, 0.25) is 0 Å². The summed E-state index contributed by atoms with van der Waals surface area (Å²) in [4.78, 5) is 30.8. The van der Waals surface area contributed by atoms with Crippen molar-refractivity contribution >= 4 is 33.7 Å². The second kappa shape index (κ2) is 5.68. The first-order valence-electron chi connectivity index (χ1n) is 8.82. The molecule has 0 unspecified atom stereocenters. The molecule has 0 aromatic carbocycles. The van der Waals surface area contributed by atoms with Gasteiger partial charge in [-0.3, -0.25) is 4.79 Å². The molecule has 128 valence electrons. The monoisotopic (exact) mass is 337 g/mol. The number of hydrogen-bond acceptors (Lipinski definition) is 6. The number of rotatable bonds is 3. The molecule has 3 aromatic rings. The number of fused-ring (bicyclic) bond motifs is 3. The minimum Gasteiger partial charge on any atom is -0.462 e. The van der Waals surface area contributed by atoms with Gasteiger partial charge in [-0.25, -0.2) is 15.0 Å². The first-order valence-corrected chi connectivity index (χ1v) is 8.82. The fourth-order valence-electron chi connectivity index (χ4n) is 3.55. The third-order valence-electron chi connectivity index (χ3n) is 5.10. The van der Waals surface area contributed by atoms with E-state index in [1.54, 1.807) is 18.7 Å². The van der Waals surface area contributed by atoms with Crippen LogP contribution in [0.2, 0.25) is 0 Å². The van der Waals surface area contributed by atoms with Gasteiger partial charge in [0.25, 0.3) is 0 Å². The fourth-order valence-corrected chi connectivity index (χ4v) is 3.55. The highest BCUT2D eigenvalue weighted by atomic mass is 16.5. The number of nitrogens with zero attached hydrogens (tertiary/aromatic N) is 4. The van der Waals surface area contributed by atoms with Crippen LogP contribution in [0.25, 0.3) is 21.9 Å². The predicted molar refractivity (Wildman–Crippen MR) is 93.2 cm³/mol. The second-order valence-corrected chi connectivity index (χ2v) is 6.85. The molecule has 7 nitrogen and oxygen atoms in total. The summed E-state index contributed by atoms with van der Waals surface area (Å²) in [5.41, 5.74) is 1.68. The third kappa shape index (κ3) is 2.59. The maximum Gasteiger partial charge on any atom is 0.309 e. The third-order valence-corrected chi connectivity index (χ3v) is 5.10. The van der Waals surface area contributed by atoms with Crippen LogP contribution in [0.3, 0.4) is 0 Å². The van der Waals surface area contributed by atoms with E-state index in [0.29, 0.717) is 0 Å². The van der Waals surface area contributed by atoms with Crippen LogP contribution in [0.4, 0.5) is 5.82 Å². The Bertz CT molecular complexity index is 941. The van der Waals surface area contributed by atoms with Crippen LogP contribution in [0.1, 0.15) is 25.7 Å². The molecule has 0 bridgehead atoms. The molecule has 5 rings (SSSR count). The molecule has 0 amide bonds. The molecule has 1 saturated carbocycles. The highest BCUT2D eigenvalue weighted by molar-refractivity contribution is 6.08. The summed E-state index contributed by atoms with van der Waals surface area (Å²) in [7, 11) is 0. The van der Waals surface area contributed by atoms with Crippen LogP contribution < -0.4 is 4.90 Å². The Morgan fingerprint density at radius 1 is 1.16 bits per heavy atom. The molecule has 1 aliphatic heterocycles. The van der Waals surface area contributed by atoms with E-state index in [1.807, 2.05) is 6.07 Å². The Balaban J connectivity index is 1.42. The molecule has 2 aliphatic rings. The van der Waals surface area contributed by atoms with E-state index in [1.165, 1.54) is 0 Å². The summed E-state index contributed by atoms with van der Waals surface area (Å²) in [6.45, 7) is 1.60. The molecule has 0 spiro atoms. The Labute approximate surface area is 144 Å². The number of esters is 1. The molecule has 0 atom stereocenters. The van der Waals surface area contributed by atoms with Gasteiger partial charge in [0, 0.05) is 24.7 Å².